The summed E-state index contributed by atoms with van der Waals surface area (Å²) in [5.41, 5.74) is 3.32. The number of thioether (sulfide) groups is 1. The summed E-state index contributed by atoms with van der Waals surface area (Å²) < 4.78 is 8.42. The van der Waals surface area contributed by atoms with Crippen LogP contribution in [-0.2, 0) is 17.1 Å². The Bertz CT molecular complexity index is 654. The van der Waals surface area contributed by atoms with Gasteiger partial charge < -0.3 is 4.90 Å². The van der Waals surface area contributed by atoms with Crippen molar-refractivity contribution in [3.8, 4) is 0 Å². The molecular weight excluding hydrogens is 340 g/mol. The van der Waals surface area contributed by atoms with E-state index in [4.69, 9.17) is 0 Å². The fourth-order valence-electron chi connectivity index (χ4n) is 2.70. The molecule has 0 bridgehead atoms. The zero-order valence-electron chi connectivity index (χ0n) is 13.9. The molecule has 1 aromatic carbocycles. The second kappa shape index (κ2) is 8.60. The number of benzene rings is 1. The number of rotatable bonds is 6. The zero-order chi connectivity index (χ0) is 16.8. The molecule has 0 aliphatic carbocycles. The molecule has 0 atom stereocenters. The molecule has 1 aromatic heterocycles. The molecule has 1 amide bonds. The molecule has 1 saturated heterocycles. The average molecular weight is 363 g/mol. The molecule has 1 fully saturated rings. The quantitative estimate of drug-likeness (QED) is 0.790. The van der Waals surface area contributed by atoms with Gasteiger partial charge in [0, 0.05) is 38.5 Å². The van der Waals surface area contributed by atoms with E-state index in [1.54, 1.807) is 11.8 Å². The maximum Gasteiger partial charge on any atom is 0.232 e. The van der Waals surface area contributed by atoms with Crippen molar-refractivity contribution >= 4 is 29.4 Å². The highest BCUT2D eigenvalue weighted by atomic mass is 32.2. The van der Waals surface area contributed by atoms with Gasteiger partial charge in [-0.1, -0.05) is 30.3 Å². The number of hydrogen-bond donors (Lipinski definition) is 0. The van der Waals surface area contributed by atoms with E-state index in [1.807, 2.05) is 17.9 Å². The molecule has 0 unspecified atom stereocenters. The lowest BCUT2D eigenvalue weighted by Crippen LogP contribution is -2.48. The minimum absolute atomic E-state index is 0.236. The summed E-state index contributed by atoms with van der Waals surface area (Å²) in [5, 5.41) is 0. The van der Waals surface area contributed by atoms with Crippen molar-refractivity contribution in [2.75, 3.05) is 31.9 Å². The number of carbonyl (C=O) groups is 1. The lowest BCUT2D eigenvalue weighted by atomic mass is 10.2. The van der Waals surface area contributed by atoms with Crippen molar-refractivity contribution in [2.45, 2.75) is 19.2 Å². The molecule has 3 rings (SSSR count). The minimum Gasteiger partial charge on any atom is -0.339 e. The Hall–Kier alpha value is -1.44. The van der Waals surface area contributed by atoms with Gasteiger partial charge in [0.15, 0.2) is 0 Å². The Morgan fingerprint density at radius 2 is 1.92 bits per heavy atom. The third kappa shape index (κ3) is 4.78. The Balaban J connectivity index is 1.38. The van der Waals surface area contributed by atoms with Crippen LogP contribution < -0.4 is 0 Å². The number of aryl methyl sites for hydroxylation is 1. The Labute approximate surface area is 151 Å². The summed E-state index contributed by atoms with van der Waals surface area (Å²) in [7, 11) is 0. The lowest BCUT2D eigenvalue weighted by molar-refractivity contribution is -0.130. The first-order valence-corrected chi connectivity index (χ1v) is 10.0. The normalized spacial score (nSPS) is 15.6. The lowest BCUT2D eigenvalue weighted by Gasteiger charge is -2.34. The molecule has 0 radical (unpaired) electrons. The summed E-state index contributed by atoms with van der Waals surface area (Å²) in [6.07, 6.45) is 0. The molecular formula is C17H22N4OS2. The van der Waals surface area contributed by atoms with Crippen LogP contribution in [0.1, 0.15) is 17.0 Å². The fourth-order valence-corrected chi connectivity index (χ4v) is 4.28. The van der Waals surface area contributed by atoms with Gasteiger partial charge >= 0.3 is 0 Å². The van der Waals surface area contributed by atoms with E-state index >= 15 is 0 Å². The van der Waals surface area contributed by atoms with Crippen LogP contribution in [0.15, 0.2) is 30.3 Å². The largest absolute Gasteiger partial charge is 0.339 e. The highest BCUT2D eigenvalue weighted by Crippen LogP contribution is 2.15. The highest BCUT2D eigenvalue weighted by molar-refractivity contribution is 7.99. The van der Waals surface area contributed by atoms with Gasteiger partial charge in [-0.05, 0) is 12.5 Å². The number of piperazine rings is 1. The molecule has 0 N–H and O–H groups in total. The van der Waals surface area contributed by atoms with Gasteiger partial charge in [-0.15, -0.1) is 11.8 Å². The van der Waals surface area contributed by atoms with Crippen LogP contribution in [-0.4, -0.2) is 56.4 Å². The zero-order valence-corrected chi connectivity index (χ0v) is 15.5. The SMILES string of the molecule is Cc1nsnc1CSCC(=O)N1CCN(Cc2ccccc2)CC1. The summed E-state index contributed by atoms with van der Waals surface area (Å²) in [4.78, 5) is 16.7. The molecule has 1 aliphatic rings. The van der Waals surface area contributed by atoms with Crippen LogP contribution in [0.5, 0.6) is 0 Å². The average Bonchev–Trinajstić information content (AvgIpc) is 3.01. The molecule has 128 valence electrons. The van der Waals surface area contributed by atoms with Gasteiger partial charge in [0.25, 0.3) is 0 Å². The van der Waals surface area contributed by atoms with E-state index < -0.39 is 0 Å². The molecule has 24 heavy (non-hydrogen) atoms. The van der Waals surface area contributed by atoms with Gasteiger partial charge in [0.05, 0.1) is 28.9 Å². The standard InChI is InChI=1S/C17H22N4OS2/c1-14-16(19-24-18-14)12-23-13-17(22)21-9-7-20(8-10-21)11-15-5-3-2-4-6-15/h2-6H,7-13H2,1H3. The minimum atomic E-state index is 0.236. The monoisotopic (exact) mass is 362 g/mol. The van der Waals surface area contributed by atoms with Crippen LogP contribution in [0.3, 0.4) is 0 Å². The fraction of sp³-hybridized carbons (Fsp3) is 0.471. The number of carbonyl (C=O) groups excluding carboxylic acids is 1. The number of nitrogens with zero attached hydrogens (tertiary/aromatic N) is 4. The molecule has 0 saturated carbocycles. The van der Waals surface area contributed by atoms with Crippen LogP contribution in [0.2, 0.25) is 0 Å². The van der Waals surface area contributed by atoms with Gasteiger partial charge in [-0.25, -0.2) is 0 Å². The second-order valence-electron chi connectivity index (χ2n) is 5.93. The smallest absolute Gasteiger partial charge is 0.232 e. The van der Waals surface area contributed by atoms with Gasteiger partial charge in [-0.2, -0.15) is 8.75 Å². The van der Waals surface area contributed by atoms with E-state index in [1.165, 1.54) is 17.3 Å². The van der Waals surface area contributed by atoms with Crippen LogP contribution in [0, 0.1) is 6.92 Å². The van der Waals surface area contributed by atoms with Crippen molar-refractivity contribution < 1.29 is 4.79 Å². The van der Waals surface area contributed by atoms with Gasteiger partial charge in [-0.3, -0.25) is 9.69 Å². The van der Waals surface area contributed by atoms with Crippen molar-refractivity contribution in [1.82, 2.24) is 18.5 Å². The topological polar surface area (TPSA) is 49.3 Å². The number of amides is 1. The van der Waals surface area contributed by atoms with E-state index in [2.05, 4.69) is 37.9 Å². The molecule has 2 heterocycles. The second-order valence-corrected chi connectivity index (χ2v) is 7.45. The van der Waals surface area contributed by atoms with E-state index in [0.717, 1.165) is 49.9 Å². The van der Waals surface area contributed by atoms with Crippen molar-refractivity contribution in [2.24, 2.45) is 0 Å². The Morgan fingerprint density at radius 1 is 1.17 bits per heavy atom. The molecule has 7 heteroatoms. The van der Waals surface area contributed by atoms with E-state index in [-0.39, 0.29) is 5.91 Å². The first-order valence-electron chi connectivity index (χ1n) is 8.12. The third-order valence-electron chi connectivity index (χ3n) is 4.18. The van der Waals surface area contributed by atoms with Crippen molar-refractivity contribution in [1.29, 1.82) is 0 Å². The maximum absolute atomic E-state index is 12.3. The summed E-state index contributed by atoms with van der Waals surface area (Å²) in [5.74, 6) is 1.53. The summed E-state index contributed by atoms with van der Waals surface area (Å²) in [6, 6.07) is 10.5. The maximum atomic E-state index is 12.3. The molecule has 2 aromatic rings. The first kappa shape index (κ1) is 17.4. The molecule has 5 nitrogen and oxygen atoms in total. The van der Waals surface area contributed by atoms with Crippen LogP contribution >= 0.6 is 23.5 Å². The molecule has 1 aliphatic heterocycles. The van der Waals surface area contributed by atoms with Gasteiger partial charge in [0.2, 0.25) is 5.91 Å². The highest BCUT2D eigenvalue weighted by Gasteiger charge is 2.21. The van der Waals surface area contributed by atoms with Gasteiger partial charge in [0.1, 0.15) is 0 Å². The van der Waals surface area contributed by atoms with Crippen molar-refractivity contribution in [3.63, 3.8) is 0 Å². The Kier molecular flexibility index (Phi) is 6.23. The third-order valence-corrected chi connectivity index (χ3v) is 5.77. The predicted molar refractivity (Wildman–Crippen MR) is 99.1 cm³/mol. The van der Waals surface area contributed by atoms with E-state index in [9.17, 15) is 4.79 Å². The molecule has 0 spiro atoms. The van der Waals surface area contributed by atoms with Crippen LogP contribution in [0.4, 0.5) is 0 Å². The number of hydrogen-bond acceptors (Lipinski definition) is 6. The first-order chi connectivity index (χ1) is 11.7. The summed E-state index contributed by atoms with van der Waals surface area (Å²) in [6.45, 7) is 6.47. The number of aromatic nitrogens is 2. The predicted octanol–water partition coefficient (Wildman–Crippen LogP) is 2.42. The summed E-state index contributed by atoms with van der Waals surface area (Å²) >= 11 is 2.87. The van der Waals surface area contributed by atoms with E-state index in [0.29, 0.717) is 5.75 Å². The van der Waals surface area contributed by atoms with Crippen LogP contribution in [0.25, 0.3) is 0 Å². The Morgan fingerprint density at radius 3 is 2.58 bits per heavy atom. The van der Waals surface area contributed by atoms with Crippen molar-refractivity contribution in [3.05, 3.63) is 47.3 Å².